The highest BCUT2D eigenvalue weighted by Gasteiger charge is 2.26. The highest BCUT2D eigenvalue weighted by atomic mass is 16.5. The minimum atomic E-state index is -0.378. The van der Waals surface area contributed by atoms with Crippen molar-refractivity contribution in [3.8, 4) is 0 Å². The summed E-state index contributed by atoms with van der Waals surface area (Å²) in [6.07, 6.45) is 2.51. The van der Waals surface area contributed by atoms with Gasteiger partial charge in [0.15, 0.2) is 5.69 Å². The molecule has 0 spiro atoms. The van der Waals surface area contributed by atoms with E-state index in [9.17, 15) is 9.59 Å². The summed E-state index contributed by atoms with van der Waals surface area (Å²) in [5.74, 6) is 0.156. The fraction of sp³-hybridized carbons (Fsp3) is 0.500. The lowest BCUT2D eigenvalue weighted by Gasteiger charge is -2.26. The first-order valence-electron chi connectivity index (χ1n) is 9.98. The van der Waals surface area contributed by atoms with Crippen LogP contribution in [-0.4, -0.2) is 71.0 Å². The zero-order valence-corrected chi connectivity index (χ0v) is 16.5. The summed E-state index contributed by atoms with van der Waals surface area (Å²) < 4.78 is 12.4. The predicted octanol–water partition coefficient (Wildman–Crippen LogP) is 1.34. The molecule has 9 heteroatoms. The second kappa shape index (κ2) is 8.60. The monoisotopic (exact) mass is 399 g/mol. The summed E-state index contributed by atoms with van der Waals surface area (Å²) in [6.45, 7) is 6.36. The van der Waals surface area contributed by atoms with E-state index in [0.717, 1.165) is 18.7 Å². The molecule has 1 fully saturated rings. The highest BCUT2D eigenvalue weighted by molar-refractivity contribution is 5.95. The smallest absolute Gasteiger partial charge is 0.341 e. The lowest BCUT2D eigenvalue weighted by Crippen LogP contribution is -2.40. The van der Waals surface area contributed by atoms with Crippen LogP contribution in [0.15, 0.2) is 24.4 Å². The van der Waals surface area contributed by atoms with Gasteiger partial charge in [0.25, 0.3) is 5.91 Å². The number of carbonyl (C=O) groups excluding carboxylic acids is 2. The zero-order chi connectivity index (χ0) is 20.2. The van der Waals surface area contributed by atoms with Crippen molar-refractivity contribution >= 4 is 17.7 Å². The van der Waals surface area contributed by atoms with Gasteiger partial charge in [-0.15, -0.1) is 0 Å². The highest BCUT2D eigenvalue weighted by Crippen LogP contribution is 2.24. The van der Waals surface area contributed by atoms with Crippen molar-refractivity contribution in [2.24, 2.45) is 0 Å². The lowest BCUT2D eigenvalue weighted by molar-refractivity contribution is 0.0298. The van der Waals surface area contributed by atoms with Gasteiger partial charge in [0, 0.05) is 32.4 Å². The van der Waals surface area contributed by atoms with Gasteiger partial charge in [-0.25, -0.2) is 9.78 Å². The van der Waals surface area contributed by atoms with Crippen LogP contribution in [-0.2, 0) is 22.6 Å². The predicted molar refractivity (Wildman–Crippen MR) is 105 cm³/mol. The van der Waals surface area contributed by atoms with Crippen LogP contribution in [0.25, 0.3) is 0 Å². The SMILES string of the molecule is CCOC(=O)c1cccnc1N1CCCn2nc(C(=O)N3CCOCC3)cc2C1. The van der Waals surface area contributed by atoms with Crippen LogP contribution in [0.1, 0.15) is 39.9 Å². The molecule has 2 aliphatic heterocycles. The zero-order valence-electron chi connectivity index (χ0n) is 16.5. The van der Waals surface area contributed by atoms with E-state index in [-0.39, 0.29) is 11.9 Å². The second-order valence-corrected chi connectivity index (χ2v) is 7.02. The fourth-order valence-corrected chi connectivity index (χ4v) is 3.69. The Balaban J connectivity index is 1.57. The third-order valence-corrected chi connectivity index (χ3v) is 5.11. The van der Waals surface area contributed by atoms with Crippen LogP contribution in [0.2, 0.25) is 0 Å². The minimum Gasteiger partial charge on any atom is -0.462 e. The van der Waals surface area contributed by atoms with Crippen molar-refractivity contribution < 1.29 is 19.1 Å². The van der Waals surface area contributed by atoms with Crippen LogP contribution in [0, 0.1) is 0 Å². The molecule has 1 saturated heterocycles. The quantitative estimate of drug-likeness (QED) is 0.717. The second-order valence-electron chi connectivity index (χ2n) is 7.02. The van der Waals surface area contributed by atoms with Crippen LogP contribution in [0.3, 0.4) is 0 Å². The summed E-state index contributed by atoms with van der Waals surface area (Å²) >= 11 is 0. The maximum atomic E-state index is 12.8. The lowest BCUT2D eigenvalue weighted by atomic mass is 10.2. The number of pyridine rings is 1. The Morgan fingerprint density at radius 1 is 1.21 bits per heavy atom. The Kier molecular flexibility index (Phi) is 5.75. The van der Waals surface area contributed by atoms with Crippen LogP contribution < -0.4 is 4.90 Å². The van der Waals surface area contributed by atoms with E-state index in [0.29, 0.717) is 63.1 Å². The molecule has 1 amide bonds. The van der Waals surface area contributed by atoms with E-state index < -0.39 is 0 Å². The number of esters is 1. The number of ether oxygens (including phenoxy) is 2. The Morgan fingerprint density at radius 3 is 2.83 bits per heavy atom. The van der Waals surface area contributed by atoms with Gasteiger partial charge in [-0.05, 0) is 31.5 Å². The summed E-state index contributed by atoms with van der Waals surface area (Å²) in [7, 11) is 0. The average Bonchev–Trinajstić information content (AvgIpc) is 3.05. The van der Waals surface area contributed by atoms with E-state index in [4.69, 9.17) is 9.47 Å². The van der Waals surface area contributed by atoms with Crippen molar-refractivity contribution in [2.75, 3.05) is 44.4 Å². The van der Waals surface area contributed by atoms with Crippen molar-refractivity contribution in [3.05, 3.63) is 41.3 Å². The minimum absolute atomic E-state index is 0.0644. The number of nitrogens with zero attached hydrogens (tertiary/aromatic N) is 5. The van der Waals surface area contributed by atoms with Gasteiger partial charge in [-0.1, -0.05) is 0 Å². The molecular weight excluding hydrogens is 374 g/mol. The Hall–Kier alpha value is -2.94. The van der Waals surface area contributed by atoms with Crippen LogP contribution in [0.5, 0.6) is 0 Å². The van der Waals surface area contributed by atoms with Gasteiger partial charge in [0.05, 0.1) is 32.1 Å². The maximum Gasteiger partial charge on any atom is 0.341 e. The van der Waals surface area contributed by atoms with E-state index in [2.05, 4.69) is 15.0 Å². The number of rotatable bonds is 4. The third-order valence-electron chi connectivity index (χ3n) is 5.11. The topological polar surface area (TPSA) is 89.8 Å². The van der Waals surface area contributed by atoms with Crippen molar-refractivity contribution in [2.45, 2.75) is 26.4 Å². The van der Waals surface area contributed by atoms with Gasteiger partial charge >= 0.3 is 5.97 Å². The van der Waals surface area contributed by atoms with E-state index >= 15 is 0 Å². The molecule has 0 bridgehead atoms. The molecule has 2 aromatic rings. The largest absolute Gasteiger partial charge is 0.462 e. The van der Waals surface area contributed by atoms with Crippen molar-refractivity contribution in [3.63, 3.8) is 0 Å². The summed E-state index contributed by atoms with van der Waals surface area (Å²) in [5, 5.41) is 4.55. The van der Waals surface area contributed by atoms with Gasteiger partial charge in [-0.3, -0.25) is 9.48 Å². The van der Waals surface area contributed by atoms with Gasteiger partial charge in [0.2, 0.25) is 0 Å². The van der Waals surface area contributed by atoms with Crippen molar-refractivity contribution in [1.29, 1.82) is 0 Å². The number of morpholine rings is 1. The first kappa shape index (κ1) is 19.4. The molecule has 9 nitrogen and oxygen atoms in total. The first-order chi connectivity index (χ1) is 14.2. The molecule has 0 radical (unpaired) electrons. The van der Waals surface area contributed by atoms with Crippen molar-refractivity contribution in [1.82, 2.24) is 19.7 Å². The summed E-state index contributed by atoms with van der Waals surface area (Å²) in [4.78, 5) is 33.4. The normalized spacial score (nSPS) is 16.9. The molecule has 154 valence electrons. The Bertz CT molecular complexity index is 891. The number of aryl methyl sites for hydroxylation is 1. The number of hydrogen-bond acceptors (Lipinski definition) is 7. The van der Waals surface area contributed by atoms with Gasteiger partial charge in [0.1, 0.15) is 11.4 Å². The van der Waals surface area contributed by atoms with Gasteiger partial charge < -0.3 is 19.3 Å². The number of aromatic nitrogens is 3. The molecule has 4 heterocycles. The standard InChI is InChI=1S/C20H25N5O4/c1-2-29-20(27)16-5-3-6-21-18(16)24-7-4-8-25-15(14-24)13-17(22-25)19(26)23-9-11-28-12-10-23/h3,5-6,13H,2,4,7-12,14H2,1H3. The van der Waals surface area contributed by atoms with Crippen LogP contribution in [0.4, 0.5) is 5.82 Å². The third kappa shape index (κ3) is 4.09. The van der Waals surface area contributed by atoms with E-state index in [1.807, 2.05) is 10.7 Å². The molecular formula is C20H25N5O4. The fourth-order valence-electron chi connectivity index (χ4n) is 3.69. The molecule has 4 rings (SSSR count). The maximum absolute atomic E-state index is 12.8. The molecule has 29 heavy (non-hydrogen) atoms. The molecule has 2 aliphatic rings. The van der Waals surface area contributed by atoms with Gasteiger partial charge in [-0.2, -0.15) is 5.10 Å². The number of carbonyl (C=O) groups is 2. The number of anilines is 1. The number of fused-ring (bicyclic) bond motifs is 1. The summed E-state index contributed by atoms with van der Waals surface area (Å²) in [6, 6.07) is 5.32. The van der Waals surface area contributed by atoms with E-state index in [1.165, 1.54) is 0 Å². The molecule has 0 aliphatic carbocycles. The van der Waals surface area contributed by atoms with Crippen LogP contribution >= 0.6 is 0 Å². The summed E-state index contributed by atoms with van der Waals surface area (Å²) in [5.41, 5.74) is 1.84. The molecule has 0 atom stereocenters. The molecule has 0 unspecified atom stereocenters. The Morgan fingerprint density at radius 2 is 2.03 bits per heavy atom. The Labute approximate surface area is 169 Å². The molecule has 0 N–H and O–H groups in total. The molecule has 0 saturated carbocycles. The number of amides is 1. The molecule has 0 aromatic carbocycles. The number of hydrogen-bond donors (Lipinski definition) is 0. The first-order valence-corrected chi connectivity index (χ1v) is 9.98. The van der Waals surface area contributed by atoms with E-state index in [1.54, 1.807) is 30.2 Å². The average molecular weight is 399 g/mol. The molecule has 2 aromatic heterocycles.